The summed E-state index contributed by atoms with van der Waals surface area (Å²) >= 11 is 1.40. The molecule has 0 spiro atoms. The summed E-state index contributed by atoms with van der Waals surface area (Å²) < 4.78 is 0. The summed E-state index contributed by atoms with van der Waals surface area (Å²) in [7, 11) is 0. The van der Waals surface area contributed by atoms with E-state index in [1.807, 2.05) is 27.7 Å². The van der Waals surface area contributed by atoms with Crippen molar-refractivity contribution in [1.82, 2.24) is 9.88 Å². The Balaban J connectivity index is 1.85. The van der Waals surface area contributed by atoms with Crippen LogP contribution in [0.3, 0.4) is 0 Å². The molecule has 0 radical (unpaired) electrons. The van der Waals surface area contributed by atoms with E-state index in [0.717, 1.165) is 10.6 Å². The molecule has 1 N–H and O–H groups in total. The summed E-state index contributed by atoms with van der Waals surface area (Å²) in [6, 6.07) is 4.59. The third kappa shape index (κ3) is 3.19. The van der Waals surface area contributed by atoms with Crippen LogP contribution in [0.1, 0.15) is 55.5 Å². The zero-order valence-electron chi connectivity index (χ0n) is 14.5. The van der Waals surface area contributed by atoms with E-state index in [2.05, 4.69) is 10.3 Å². The van der Waals surface area contributed by atoms with Gasteiger partial charge in [0, 0.05) is 17.0 Å². The van der Waals surface area contributed by atoms with Gasteiger partial charge in [-0.3, -0.25) is 24.6 Å². The molecule has 130 valence electrons. The van der Waals surface area contributed by atoms with Crippen LogP contribution in [0, 0.1) is 19.8 Å². The number of carbonyl (C=O) groups excluding carboxylic acids is 3. The molecule has 0 saturated heterocycles. The Hall–Kier alpha value is -2.54. The van der Waals surface area contributed by atoms with Crippen LogP contribution in [-0.2, 0) is 0 Å². The van der Waals surface area contributed by atoms with Crippen molar-refractivity contribution in [3.8, 4) is 0 Å². The first-order valence-electron chi connectivity index (χ1n) is 8.03. The second kappa shape index (κ2) is 6.40. The van der Waals surface area contributed by atoms with Gasteiger partial charge in [-0.25, -0.2) is 4.98 Å². The first-order valence-corrected chi connectivity index (χ1v) is 8.85. The van der Waals surface area contributed by atoms with E-state index in [9.17, 15) is 14.4 Å². The molecule has 0 aliphatic carbocycles. The number of benzene rings is 1. The van der Waals surface area contributed by atoms with E-state index in [-0.39, 0.29) is 29.2 Å². The van der Waals surface area contributed by atoms with Gasteiger partial charge in [0.15, 0.2) is 5.13 Å². The van der Waals surface area contributed by atoms with Crippen molar-refractivity contribution in [2.24, 2.45) is 5.92 Å². The van der Waals surface area contributed by atoms with Gasteiger partial charge in [-0.1, -0.05) is 13.8 Å². The summed E-state index contributed by atoms with van der Waals surface area (Å²) in [4.78, 5) is 43.8. The second-order valence-electron chi connectivity index (χ2n) is 6.49. The largest absolute Gasteiger partial charge is 0.298 e. The van der Waals surface area contributed by atoms with E-state index in [1.165, 1.54) is 22.3 Å². The van der Waals surface area contributed by atoms with Crippen molar-refractivity contribution in [3.63, 3.8) is 0 Å². The zero-order chi connectivity index (χ0) is 18.3. The number of fused-ring (bicyclic) bond motifs is 1. The zero-order valence-corrected chi connectivity index (χ0v) is 15.4. The maximum atomic E-state index is 12.5. The number of imide groups is 1. The molecular weight excluding hydrogens is 338 g/mol. The van der Waals surface area contributed by atoms with Crippen molar-refractivity contribution in [2.75, 3.05) is 11.9 Å². The molecule has 0 bridgehead atoms. The Morgan fingerprint density at radius 3 is 2.48 bits per heavy atom. The Morgan fingerprint density at radius 2 is 1.88 bits per heavy atom. The molecule has 6 nitrogen and oxygen atoms in total. The lowest BCUT2D eigenvalue weighted by molar-refractivity contribution is 0.0636. The summed E-state index contributed by atoms with van der Waals surface area (Å²) in [6.45, 7) is 8.07. The fourth-order valence-corrected chi connectivity index (χ4v) is 3.47. The van der Waals surface area contributed by atoms with Crippen molar-refractivity contribution in [2.45, 2.75) is 27.7 Å². The lowest BCUT2D eigenvalue weighted by Crippen LogP contribution is -2.33. The molecule has 1 aliphatic heterocycles. The van der Waals surface area contributed by atoms with Crippen LogP contribution < -0.4 is 5.32 Å². The molecule has 7 heteroatoms. The van der Waals surface area contributed by atoms with E-state index < -0.39 is 0 Å². The minimum absolute atomic E-state index is 0.182. The maximum absolute atomic E-state index is 12.5. The summed E-state index contributed by atoms with van der Waals surface area (Å²) in [5, 5.41) is 3.26. The van der Waals surface area contributed by atoms with Crippen molar-refractivity contribution in [3.05, 3.63) is 45.5 Å². The van der Waals surface area contributed by atoms with E-state index in [1.54, 1.807) is 12.1 Å². The Labute approximate surface area is 149 Å². The number of thiazole rings is 1. The van der Waals surface area contributed by atoms with Crippen LogP contribution in [0.15, 0.2) is 18.2 Å². The fourth-order valence-electron chi connectivity index (χ4n) is 2.66. The minimum atomic E-state index is -0.348. The average molecular weight is 357 g/mol. The van der Waals surface area contributed by atoms with Crippen molar-refractivity contribution >= 4 is 34.2 Å². The third-order valence-electron chi connectivity index (χ3n) is 4.03. The summed E-state index contributed by atoms with van der Waals surface area (Å²) in [5.74, 6) is -0.809. The van der Waals surface area contributed by atoms with Gasteiger partial charge in [0.05, 0.1) is 16.8 Å². The monoisotopic (exact) mass is 357 g/mol. The normalized spacial score (nSPS) is 13.6. The predicted molar refractivity (Wildman–Crippen MR) is 96.2 cm³/mol. The molecule has 0 atom stereocenters. The first kappa shape index (κ1) is 17.3. The van der Waals surface area contributed by atoms with Crippen LogP contribution in [-0.4, -0.2) is 34.2 Å². The van der Waals surface area contributed by atoms with Gasteiger partial charge in [0.25, 0.3) is 17.7 Å². The molecule has 25 heavy (non-hydrogen) atoms. The molecule has 1 aromatic carbocycles. The van der Waals surface area contributed by atoms with Gasteiger partial charge in [0.1, 0.15) is 0 Å². The lowest BCUT2D eigenvalue weighted by Gasteiger charge is -2.15. The molecule has 1 aliphatic rings. The number of aromatic nitrogens is 1. The average Bonchev–Trinajstić information content (AvgIpc) is 2.98. The Kier molecular flexibility index (Phi) is 4.43. The minimum Gasteiger partial charge on any atom is -0.298 e. The molecule has 2 heterocycles. The van der Waals surface area contributed by atoms with E-state index in [4.69, 9.17) is 0 Å². The van der Waals surface area contributed by atoms with Gasteiger partial charge in [-0.2, -0.15) is 0 Å². The number of hydrogen-bond donors (Lipinski definition) is 1. The molecule has 0 saturated carbocycles. The highest BCUT2D eigenvalue weighted by atomic mass is 32.1. The van der Waals surface area contributed by atoms with Crippen molar-refractivity contribution in [1.29, 1.82) is 0 Å². The van der Waals surface area contributed by atoms with E-state index >= 15 is 0 Å². The van der Waals surface area contributed by atoms with Crippen LogP contribution in [0.2, 0.25) is 0 Å². The highest BCUT2D eigenvalue weighted by molar-refractivity contribution is 7.15. The quantitative estimate of drug-likeness (QED) is 0.852. The van der Waals surface area contributed by atoms with Crippen LogP contribution in [0.25, 0.3) is 0 Å². The number of rotatable bonds is 4. The molecule has 3 rings (SSSR count). The summed E-state index contributed by atoms with van der Waals surface area (Å²) in [6.07, 6.45) is 0. The smallest absolute Gasteiger partial charge is 0.261 e. The van der Waals surface area contributed by atoms with Gasteiger partial charge >= 0.3 is 0 Å². The number of amides is 3. The van der Waals surface area contributed by atoms with Gasteiger partial charge in [-0.15, -0.1) is 11.3 Å². The number of anilines is 1. The molecule has 0 fully saturated rings. The SMILES string of the molecule is Cc1nc(NC(=O)c2ccc3c(c2)C(=O)N(CC(C)C)C3=O)sc1C. The number of hydrogen-bond acceptors (Lipinski definition) is 5. The summed E-state index contributed by atoms with van der Waals surface area (Å²) in [5.41, 5.74) is 1.84. The predicted octanol–water partition coefficient (Wildman–Crippen LogP) is 3.26. The molecule has 1 aromatic heterocycles. The van der Waals surface area contributed by atoms with E-state index in [0.29, 0.717) is 22.8 Å². The molecule has 2 aromatic rings. The van der Waals surface area contributed by atoms with Crippen LogP contribution in [0.4, 0.5) is 5.13 Å². The number of nitrogens with one attached hydrogen (secondary N) is 1. The van der Waals surface area contributed by atoms with Gasteiger partial charge < -0.3 is 0 Å². The number of aryl methyl sites for hydroxylation is 2. The van der Waals surface area contributed by atoms with Crippen LogP contribution in [0.5, 0.6) is 0 Å². The molecule has 3 amide bonds. The van der Waals surface area contributed by atoms with Crippen LogP contribution >= 0.6 is 11.3 Å². The van der Waals surface area contributed by atoms with Crippen molar-refractivity contribution < 1.29 is 14.4 Å². The Morgan fingerprint density at radius 1 is 1.20 bits per heavy atom. The van der Waals surface area contributed by atoms with Gasteiger partial charge in [0.2, 0.25) is 0 Å². The number of carbonyl (C=O) groups is 3. The highest BCUT2D eigenvalue weighted by Gasteiger charge is 2.36. The highest BCUT2D eigenvalue weighted by Crippen LogP contribution is 2.26. The lowest BCUT2D eigenvalue weighted by atomic mass is 10.1. The topological polar surface area (TPSA) is 79.4 Å². The maximum Gasteiger partial charge on any atom is 0.261 e. The number of nitrogens with zero attached hydrogens (tertiary/aromatic N) is 2. The molecule has 0 unspecified atom stereocenters. The molecular formula is C18H19N3O3S. The van der Waals surface area contributed by atoms with Gasteiger partial charge in [-0.05, 0) is 38.0 Å². The first-order chi connectivity index (χ1) is 11.8. The second-order valence-corrected chi connectivity index (χ2v) is 7.69. The third-order valence-corrected chi connectivity index (χ3v) is 5.02. The standard InChI is InChI=1S/C18H19N3O3S/c1-9(2)8-21-16(23)13-6-5-12(7-14(13)17(21)24)15(22)20-18-19-10(3)11(4)25-18/h5-7,9H,8H2,1-4H3,(H,19,20,22). The Bertz CT molecular complexity index is 866. The fraction of sp³-hybridized carbons (Fsp3) is 0.333.